The van der Waals surface area contributed by atoms with Crippen LogP contribution < -0.4 is 9.47 Å². The van der Waals surface area contributed by atoms with Crippen molar-refractivity contribution in [3.05, 3.63) is 64.7 Å². The van der Waals surface area contributed by atoms with Gasteiger partial charge in [0, 0.05) is 5.92 Å². The molecule has 0 unspecified atom stereocenters. The van der Waals surface area contributed by atoms with Crippen LogP contribution in [-0.4, -0.2) is 40.2 Å². The van der Waals surface area contributed by atoms with Crippen LogP contribution in [0.3, 0.4) is 0 Å². The topological polar surface area (TPSA) is 87.3 Å². The Morgan fingerprint density at radius 2 is 1.82 bits per heavy atom. The maximum absolute atomic E-state index is 12.5. The Bertz CT molecular complexity index is 1180. The van der Waals surface area contributed by atoms with E-state index in [0.717, 1.165) is 21.9 Å². The largest absolute Gasteiger partial charge is 0.490 e. The van der Waals surface area contributed by atoms with E-state index in [9.17, 15) is 4.79 Å². The predicted molar refractivity (Wildman–Crippen MR) is 133 cm³/mol. The van der Waals surface area contributed by atoms with Crippen molar-refractivity contribution in [3.8, 4) is 11.5 Å². The van der Waals surface area contributed by atoms with Crippen molar-refractivity contribution in [2.24, 2.45) is 16.0 Å². The lowest BCUT2D eigenvalue weighted by molar-refractivity contribution is -0.114. The van der Waals surface area contributed by atoms with Gasteiger partial charge in [-0.3, -0.25) is 10.2 Å². The Morgan fingerprint density at radius 3 is 2.52 bits per heavy atom. The zero-order chi connectivity index (χ0) is 23.5. The van der Waals surface area contributed by atoms with E-state index in [1.54, 1.807) is 6.08 Å². The Kier molecular flexibility index (Phi) is 6.65. The number of ether oxygens (including phenoxy) is 2. The van der Waals surface area contributed by atoms with Crippen LogP contribution in [0.1, 0.15) is 30.5 Å². The van der Waals surface area contributed by atoms with Crippen molar-refractivity contribution in [3.63, 3.8) is 0 Å². The lowest BCUT2D eigenvalue weighted by atomic mass is 10.1. The van der Waals surface area contributed by atoms with E-state index in [1.165, 1.54) is 22.3 Å². The summed E-state index contributed by atoms with van der Waals surface area (Å²) in [6.45, 7) is 8.97. The van der Waals surface area contributed by atoms with Gasteiger partial charge in [-0.15, -0.1) is 0 Å². The summed E-state index contributed by atoms with van der Waals surface area (Å²) in [7, 11) is 0. The number of amidine groups is 2. The van der Waals surface area contributed by atoms with Gasteiger partial charge in [-0.1, -0.05) is 43.7 Å². The number of nitrogens with zero attached hydrogens (tertiary/aromatic N) is 3. The number of rotatable bonds is 7. The lowest BCUT2D eigenvalue weighted by Crippen LogP contribution is -2.35. The molecule has 0 aliphatic carbocycles. The highest BCUT2D eigenvalue weighted by Gasteiger charge is 2.36. The van der Waals surface area contributed by atoms with Crippen LogP contribution >= 0.6 is 11.8 Å². The van der Waals surface area contributed by atoms with Crippen LogP contribution in [0.15, 0.2) is 58.1 Å². The molecule has 0 bridgehead atoms. The zero-order valence-corrected chi connectivity index (χ0v) is 19.9. The first-order valence-corrected chi connectivity index (χ1v) is 11.6. The van der Waals surface area contributed by atoms with E-state index < -0.39 is 5.91 Å². The first kappa shape index (κ1) is 22.8. The third kappa shape index (κ3) is 5.17. The summed E-state index contributed by atoms with van der Waals surface area (Å²) in [5, 5.41) is 15.6. The molecule has 8 heteroatoms. The van der Waals surface area contributed by atoms with Gasteiger partial charge < -0.3 is 9.47 Å². The molecule has 2 aliphatic rings. The highest BCUT2D eigenvalue weighted by Crippen LogP contribution is 2.31. The third-order valence-corrected chi connectivity index (χ3v) is 6.30. The molecular formula is C25H26N4O3S. The summed E-state index contributed by atoms with van der Waals surface area (Å²) in [5.41, 5.74) is 3.30. The van der Waals surface area contributed by atoms with Crippen molar-refractivity contribution >= 4 is 39.8 Å². The molecule has 2 heterocycles. The number of amides is 1. The molecule has 170 valence electrons. The number of carbonyl (C=O) groups excluding carboxylic acids is 1. The maximum Gasteiger partial charge on any atom is 0.283 e. The number of benzene rings is 2. The summed E-state index contributed by atoms with van der Waals surface area (Å²) in [6.07, 6.45) is 1.66. The Labute approximate surface area is 197 Å². The van der Waals surface area contributed by atoms with E-state index in [1.807, 2.05) is 57.2 Å². The molecule has 0 saturated heterocycles. The van der Waals surface area contributed by atoms with Crippen LogP contribution in [0.4, 0.5) is 0 Å². The smallest absolute Gasteiger partial charge is 0.283 e. The molecule has 33 heavy (non-hydrogen) atoms. The first-order chi connectivity index (χ1) is 15.8. The minimum atomic E-state index is -0.428. The molecule has 0 radical (unpaired) electrons. The van der Waals surface area contributed by atoms with Gasteiger partial charge in [-0.2, -0.15) is 15.1 Å². The van der Waals surface area contributed by atoms with Gasteiger partial charge in [0.25, 0.3) is 5.91 Å². The Hall–Kier alpha value is -3.39. The minimum Gasteiger partial charge on any atom is -0.490 e. The van der Waals surface area contributed by atoms with Crippen molar-refractivity contribution in [1.29, 1.82) is 5.41 Å². The molecule has 0 spiro atoms. The number of aryl methyl sites for hydroxylation is 2. The summed E-state index contributed by atoms with van der Waals surface area (Å²) >= 11 is 1.34. The molecule has 4 rings (SSSR count). The zero-order valence-electron chi connectivity index (χ0n) is 19.1. The highest BCUT2D eigenvalue weighted by atomic mass is 32.2. The molecular weight excluding hydrogens is 436 g/mol. The van der Waals surface area contributed by atoms with Crippen molar-refractivity contribution < 1.29 is 14.3 Å². The van der Waals surface area contributed by atoms with Crippen molar-refractivity contribution in [1.82, 2.24) is 5.01 Å². The van der Waals surface area contributed by atoms with Crippen molar-refractivity contribution in [2.75, 3.05) is 13.2 Å². The monoisotopic (exact) mass is 462 g/mol. The second-order valence-corrected chi connectivity index (χ2v) is 9.14. The number of fused-ring (bicyclic) bond motifs is 1. The van der Waals surface area contributed by atoms with Gasteiger partial charge in [-0.25, -0.2) is 0 Å². The van der Waals surface area contributed by atoms with Gasteiger partial charge in [0.15, 0.2) is 5.84 Å². The molecule has 2 aliphatic heterocycles. The normalized spacial score (nSPS) is 16.8. The second kappa shape index (κ2) is 9.62. The fraction of sp³-hybridized carbons (Fsp3) is 0.280. The minimum absolute atomic E-state index is 0.0389. The van der Waals surface area contributed by atoms with Gasteiger partial charge in [-0.05, 0) is 61.0 Å². The predicted octanol–water partition coefficient (Wildman–Crippen LogP) is 5.04. The average molecular weight is 463 g/mol. The van der Waals surface area contributed by atoms with Crippen LogP contribution in [0.25, 0.3) is 6.08 Å². The number of hydrogen-bond acceptors (Lipinski definition) is 6. The quantitative estimate of drug-likeness (QED) is 0.460. The van der Waals surface area contributed by atoms with Gasteiger partial charge in [0.05, 0.1) is 5.57 Å². The van der Waals surface area contributed by atoms with E-state index in [0.29, 0.717) is 24.1 Å². The van der Waals surface area contributed by atoms with Crippen LogP contribution in [-0.2, 0) is 4.79 Å². The molecule has 1 amide bonds. The average Bonchev–Trinajstić information content (AvgIpc) is 3.21. The standard InChI is InChI=1S/C25H26N4O3S/c1-15(2)24-28-29-22(26)20(23(30)27-25(29)33-24)14-18-6-8-19(9-7-18)31-11-12-32-21-10-5-16(3)13-17(21)4/h5-10,13-15,26H,11-12H2,1-4H3/b20-14-,26-22?. The summed E-state index contributed by atoms with van der Waals surface area (Å²) < 4.78 is 11.6. The fourth-order valence-corrected chi connectivity index (χ4v) is 4.23. The molecule has 0 saturated carbocycles. The molecule has 0 aromatic heterocycles. The van der Waals surface area contributed by atoms with E-state index in [4.69, 9.17) is 14.9 Å². The number of thioether (sulfide) groups is 1. The van der Waals surface area contributed by atoms with Crippen LogP contribution in [0.2, 0.25) is 0 Å². The van der Waals surface area contributed by atoms with Gasteiger partial charge >= 0.3 is 0 Å². The summed E-state index contributed by atoms with van der Waals surface area (Å²) in [6, 6.07) is 13.4. The second-order valence-electron chi connectivity index (χ2n) is 8.15. The first-order valence-electron chi connectivity index (χ1n) is 10.7. The number of hydrogen-bond donors (Lipinski definition) is 1. The number of hydrazone groups is 1. The van der Waals surface area contributed by atoms with E-state index in [-0.39, 0.29) is 17.3 Å². The van der Waals surface area contributed by atoms with Crippen LogP contribution in [0.5, 0.6) is 11.5 Å². The molecule has 2 aromatic rings. The molecule has 1 N–H and O–H groups in total. The molecule has 0 fully saturated rings. The summed E-state index contributed by atoms with van der Waals surface area (Å²) in [4.78, 5) is 16.6. The molecule has 0 atom stereocenters. The fourth-order valence-electron chi connectivity index (χ4n) is 3.34. The Morgan fingerprint density at radius 1 is 1.09 bits per heavy atom. The van der Waals surface area contributed by atoms with Crippen molar-refractivity contribution in [2.45, 2.75) is 27.7 Å². The number of nitrogens with one attached hydrogen (secondary N) is 1. The maximum atomic E-state index is 12.5. The SMILES string of the molecule is Cc1ccc(OCCOc2ccc(/C=C3/C(=N)N4N=C(C(C)C)SC4=NC3=O)cc2)c(C)c1. The lowest BCUT2D eigenvalue weighted by Gasteiger charge is -2.20. The highest BCUT2D eigenvalue weighted by molar-refractivity contribution is 8.27. The molecule has 7 nitrogen and oxygen atoms in total. The van der Waals surface area contributed by atoms with Crippen LogP contribution in [0, 0.1) is 25.2 Å². The van der Waals surface area contributed by atoms with E-state index in [2.05, 4.69) is 23.1 Å². The third-order valence-electron chi connectivity index (χ3n) is 5.10. The number of carbonyl (C=O) groups is 1. The van der Waals surface area contributed by atoms with Gasteiger partial charge in [0.2, 0.25) is 5.17 Å². The summed E-state index contributed by atoms with van der Waals surface area (Å²) in [5.74, 6) is 1.38. The molecule has 2 aromatic carbocycles. The number of aliphatic imine (C=N–C) groups is 1. The van der Waals surface area contributed by atoms with Gasteiger partial charge in [0.1, 0.15) is 29.8 Å². The van der Waals surface area contributed by atoms with E-state index >= 15 is 0 Å². The Balaban J connectivity index is 1.36.